The van der Waals surface area contributed by atoms with Crippen LogP contribution in [0, 0.1) is 0 Å². The normalized spacial score (nSPS) is 13.2. The van der Waals surface area contributed by atoms with Crippen LogP contribution in [0.3, 0.4) is 0 Å². The van der Waals surface area contributed by atoms with Gasteiger partial charge < -0.3 is 45.1 Å². The molecule has 0 aliphatic carbocycles. The van der Waals surface area contributed by atoms with Crippen molar-refractivity contribution in [1.82, 2.24) is 20.1 Å². The number of carbonyl (C=O) groups is 3. The monoisotopic (exact) mass is 912 g/mol. The molecule has 14 nitrogen and oxygen atoms in total. The lowest BCUT2D eigenvalue weighted by Crippen LogP contribution is -2.40. The smallest absolute Gasteiger partial charge is 0.411 e. The van der Waals surface area contributed by atoms with Gasteiger partial charge in [0, 0.05) is 82.2 Å². The summed E-state index contributed by atoms with van der Waals surface area (Å²) in [7, 11) is 3.29. The minimum absolute atomic E-state index is 0.0385. The van der Waals surface area contributed by atoms with Crippen LogP contribution >= 0.6 is 22.9 Å². The highest BCUT2D eigenvalue weighted by Gasteiger charge is 2.24. The molecule has 0 saturated carbocycles. The first kappa shape index (κ1) is 49.1. The molecule has 0 bridgehead atoms. The fourth-order valence-electron chi connectivity index (χ4n) is 7.20. The molecule has 1 aliphatic rings. The van der Waals surface area contributed by atoms with Gasteiger partial charge in [-0.2, -0.15) is 0 Å². The Labute approximate surface area is 382 Å². The molecular weight excluding hydrogens is 856 g/mol. The van der Waals surface area contributed by atoms with E-state index in [-0.39, 0.29) is 47.7 Å². The van der Waals surface area contributed by atoms with Crippen molar-refractivity contribution in [3.05, 3.63) is 130 Å². The van der Waals surface area contributed by atoms with Crippen molar-refractivity contribution in [3.8, 4) is 21.9 Å². The zero-order valence-electron chi connectivity index (χ0n) is 36.2. The Morgan fingerprint density at radius 3 is 2.47 bits per heavy atom. The van der Waals surface area contributed by atoms with Crippen LogP contribution in [-0.2, 0) is 20.9 Å². The van der Waals surface area contributed by atoms with Gasteiger partial charge in [0.15, 0.2) is 0 Å². The lowest BCUT2D eigenvalue weighted by Gasteiger charge is -2.31. The van der Waals surface area contributed by atoms with E-state index in [1.165, 1.54) is 19.2 Å². The number of rotatable bonds is 19. The third-order valence-electron chi connectivity index (χ3n) is 10.7. The van der Waals surface area contributed by atoms with E-state index in [4.69, 9.17) is 21.1 Å². The molecule has 6 rings (SSSR count). The molecule has 0 radical (unpaired) electrons. The van der Waals surface area contributed by atoms with Crippen LogP contribution in [0.25, 0.3) is 21.3 Å². The molecule has 3 heterocycles. The maximum atomic E-state index is 12.9. The Kier molecular flexibility index (Phi) is 19.0. The summed E-state index contributed by atoms with van der Waals surface area (Å²) >= 11 is 8.12. The predicted molar refractivity (Wildman–Crippen MR) is 255 cm³/mol. The Balaban J connectivity index is 0.00000185. The number of ether oxygens (including phenoxy) is 2. The van der Waals surface area contributed by atoms with E-state index in [9.17, 15) is 29.4 Å². The lowest BCUT2D eigenvalue weighted by molar-refractivity contribution is -0.130. The SMILES string of the molecule is C=CC=C.COc1cc(NC(=O)CCCCN(C)C(=O)CCN2CCC(OC(=O)Nc3ccsc3-c3ccccc3)CC2)c(Cl)cc1CNCC(O)c1ccc(O)c2[nH]c(=O)ccc12. The number of unbranched alkanes of at least 4 members (excludes halogenated alkanes) is 1. The zero-order valence-corrected chi connectivity index (χ0v) is 37.8. The number of benzene rings is 3. The first-order valence-electron chi connectivity index (χ1n) is 21.1. The number of thiophene rings is 1. The Bertz CT molecular complexity index is 2410. The van der Waals surface area contributed by atoms with Gasteiger partial charge in [-0.1, -0.05) is 73.3 Å². The summed E-state index contributed by atoms with van der Waals surface area (Å²) < 4.78 is 11.3. The molecular formula is C48H57ClN6O8S. The van der Waals surface area contributed by atoms with E-state index in [0.29, 0.717) is 84.7 Å². The van der Waals surface area contributed by atoms with E-state index in [1.807, 2.05) is 41.8 Å². The number of phenolic OH excluding ortho intramolecular Hbond substituents is 1. The predicted octanol–water partition coefficient (Wildman–Crippen LogP) is 8.48. The number of pyridine rings is 1. The third kappa shape index (κ3) is 14.3. The van der Waals surface area contributed by atoms with Crippen LogP contribution in [0.1, 0.15) is 55.8 Å². The van der Waals surface area contributed by atoms with E-state index in [0.717, 1.165) is 29.2 Å². The summed E-state index contributed by atoms with van der Waals surface area (Å²) in [6, 6.07) is 21.1. The molecule has 16 heteroatoms. The number of piperidine rings is 1. The second-order valence-electron chi connectivity index (χ2n) is 15.2. The van der Waals surface area contributed by atoms with Crippen LogP contribution < -0.4 is 26.2 Å². The minimum atomic E-state index is -0.943. The van der Waals surface area contributed by atoms with Crippen LogP contribution in [0.4, 0.5) is 16.2 Å². The number of aromatic amines is 1. The molecule has 340 valence electrons. The third-order valence-corrected chi connectivity index (χ3v) is 12.0. The second-order valence-corrected chi connectivity index (χ2v) is 16.5. The van der Waals surface area contributed by atoms with Gasteiger partial charge in [-0.05, 0) is 66.5 Å². The number of hydrogen-bond acceptors (Lipinski definition) is 11. The molecule has 0 spiro atoms. The number of carbonyl (C=O) groups excluding carboxylic acids is 3. The number of aliphatic hydroxyl groups is 1. The van der Waals surface area contributed by atoms with Crippen LogP contribution in [0.15, 0.2) is 108 Å². The topological polar surface area (TPSA) is 186 Å². The summed E-state index contributed by atoms with van der Waals surface area (Å²) in [5.41, 5.74) is 3.34. The molecule has 1 fully saturated rings. The summed E-state index contributed by atoms with van der Waals surface area (Å²) in [4.78, 5) is 57.7. The van der Waals surface area contributed by atoms with Crippen molar-refractivity contribution in [2.45, 2.75) is 57.3 Å². The molecule has 1 saturated heterocycles. The Morgan fingerprint density at radius 2 is 1.75 bits per heavy atom. The number of allylic oxidation sites excluding steroid dienone is 2. The van der Waals surface area contributed by atoms with Gasteiger partial charge in [-0.3, -0.25) is 19.7 Å². The first-order valence-corrected chi connectivity index (χ1v) is 22.4. The zero-order chi connectivity index (χ0) is 46.0. The van der Waals surface area contributed by atoms with Crippen LogP contribution in [0.2, 0.25) is 5.02 Å². The largest absolute Gasteiger partial charge is 0.506 e. The summed E-state index contributed by atoms with van der Waals surface area (Å²) in [5.74, 6) is 0.240. The van der Waals surface area contributed by atoms with Gasteiger partial charge in [-0.15, -0.1) is 11.3 Å². The number of aromatic hydroxyl groups is 1. The maximum absolute atomic E-state index is 12.9. The standard InChI is InChI=1S/C44H51ClN6O8S.C4H6/c1-50(41(56)17-22-51-20-15-30(16-21-51)59-44(57)48-34-18-23-60-43(34)28-8-4-3-5-9-28)19-7-6-10-39(54)47-35-25-38(58-2)29(24-33(35)45)26-46-27-37(53)31-11-13-36(52)42-32(31)12-14-40(55)49-42;1-3-4-2/h3-5,8-9,11-14,18,23-25,30,37,46,52-53H,6-7,10,15-17,19-22,26-27H2,1-2H3,(H,47,54)(H,48,57)(H,49,55);3-4H,1-2H2. The van der Waals surface area contributed by atoms with Crippen molar-refractivity contribution in [2.24, 2.45) is 0 Å². The lowest BCUT2D eigenvalue weighted by atomic mass is 10.0. The van der Waals surface area contributed by atoms with Gasteiger partial charge in [0.05, 0.1) is 40.0 Å². The van der Waals surface area contributed by atoms with E-state index in [2.05, 4.69) is 39.0 Å². The molecule has 6 N–H and O–H groups in total. The van der Waals surface area contributed by atoms with E-state index >= 15 is 0 Å². The maximum Gasteiger partial charge on any atom is 0.411 e. The van der Waals surface area contributed by atoms with Gasteiger partial charge >= 0.3 is 6.09 Å². The first-order chi connectivity index (χ1) is 30.9. The highest BCUT2D eigenvalue weighted by atomic mass is 35.5. The summed E-state index contributed by atoms with van der Waals surface area (Å²) in [5, 5.41) is 32.8. The quantitative estimate of drug-likeness (QED) is 0.0347. The molecule has 1 unspecified atom stereocenters. The number of H-pyrrole nitrogens is 1. The van der Waals surface area contributed by atoms with Crippen molar-refractivity contribution in [3.63, 3.8) is 0 Å². The number of amides is 3. The molecule has 64 heavy (non-hydrogen) atoms. The average molecular weight is 914 g/mol. The summed E-state index contributed by atoms with van der Waals surface area (Å²) in [6.07, 6.45) is 4.96. The Hall–Kier alpha value is -5.97. The Morgan fingerprint density at radius 1 is 1.00 bits per heavy atom. The van der Waals surface area contributed by atoms with Gasteiger partial charge in [-0.25, -0.2) is 4.79 Å². The van der Waals surface area contributed by atoms with Gasteiger partial charge in [0.25, 0.3) is 0 Å². The van der Waals surface area contributed by atoms with Crippen molar-refractivity contribution in [2.75, 3.05) is 57.5 Å². The number of halogens is 1. The molecule has 5 aromatic rings. The number of aromatic nitrogens is 1. The highest BCUT2D eigenvalue weighted by Crippen LogP contribution is 2.34. The number of fused-ring (bicyclic) bond motifs is 1. The molecule has 2 aromatic heterocycles. The van der Waals surface area contributed by atoms with Crippen molar-refractivity contribution >= 4 is 63.1 Å². The average Bonchev–Trinajstić information content (AvgIpc) is 3.76. The number of likely N-dealkylation sites (tertiary alicyclic amines) is 1. The molecule has 3 amide bonds. The van der Waals surface area contributed by atoms with Crippen molar-refractivity contribution < 1.29 is 34.1 Å². The molecule has 1 aliphatic heterocycles. The fourth-order valence-corrected chi connectivity index (χ4v) is 8.29. The molecule has 3 aromatic carbocycles. The number of phenols is 1. The van der Waals surface area contributed by atoms with Crippen molar-refractivity contribution in [1.29, 1.82) is 0 Å². The van der Waals surface area contributed by atoms with Gasteiger partial charge in [0.2, 0.25) is 17.4 Å². The minimum Gasteiger partial charge on any atom is -0.506 e. The number of aliphatic hydroxyl groups excluding tert-OH is 1. The number of hydrogen-bond donors (Lipinski definition) is 6. The number of anilines is 2. The summed E-state index contributed by atoms with van der Waals surface area (Å²) in [6.45, 7) is 9.81. The van der Waals surface area contributed by atoms with E-state index in [1.54, 1.807) is 59.7 Å². The molecule has 1 atom stereocenters. The number of nitrogens with zero attached hydrogens (tertiary/aromatic N) is 2. The van der Waals surface area contributed by atoms with Crippen LogP contribution in [0.5, 0.6) is 11.5 Å². The number of nitrogens with one attached hydrogen (secondary N) is 4. The van der Waals surface area contributed by atoms with E-state index < -0.39 is 12.2 Å². The highest BCUT2D eigenvalue weighted by molar-refractivity contribution is 7.14. The van der Waals surface area contributed by atoms with Crippen LogP contribution in [-0.4, -0.2) is 95.9 Å². The second kappa shape index (κ2) is 24.8. The number of methoxy groups -OCH3 is 1. The van der Waals surface area contributed by atoms with Gasteiger partial charge in [0.1, 0.15) is 17.6 Å². The fraction of sp³-hybridized carbons (Fsp3) is 0.333.